The number of thioether (sulfide) groups is 1. The van der Waals surface area contributed by atoms with Gasteiger partial charge in [0.1, 0.15) is 0 Å². The largest absolute Gasteiger partial charge is 0.351 e. The standard InChI is InChI=1S/C21H25ClN2OS/c22-20-10-4-3-9-19(20)15-26-16-21(25)23-13-17-7-1-2-8-18(17)14-24-11-5-6-12-24/h1-4,7-10H,5-6,11-16H2,(H,23,25). The molecule has 1 heterocycles. The Balaban J connectivity index is 1.45. The van der Waals surface area contributed by atoms with Crippen LogP contribution in [0.2, 0.25) is 5.02 Å². The molecule has 0 aliphatic carbocycles. The molecule has 1 saturated heterocycles. The average Bonchev–Trinajstić information content (AvgIpc) is 3.16. The van der Waals surface area contributed by atoms with E-state index in [0.29, 0.717) is 12.3 Å². The van der Waals surface area contributed by atoms with E-state index in [9.17, 15) is 4.79 Å². The number of halogens is 1. The molecule has 0 radical (unpaired) electrons. The summed E-state index contributed by atoms with van der Waals surface area (Å²) in [6, 6.07) is 16.2. The number of hydrogen-bond acceptors (Lipinski definition) is 3. The van der Waals surface area contributed by atoms with Crippen molar-refractivity contribution < 1.29 is 4.79 Å². The number of carbonyl (C=O) groups is 1. The number of nitrogens with zero attached hydrogens (tertiary/aromatic N) is 1. The Hall–Kier alpha value is -1.49. The van der Waals surface area contributed by atoms with Crippen LogP contribution in [0, 0.1) is 0 Å². The molecule has 1 aliphatic heterocycles. The van der Waals surface area contributed by atoms with Crippen LogP contribution in [-0.4, -0.2) is 29.6 Å². The van der Waals surface area contributed by atoms with Crippen molar-refractivity contribution in [1.82, 2.24) is 10.2 Å². The second-order valence-electron chi connectivity index (χ2n) is 6.61. The zero-order valence-corrected chi connectivity index (χ0v) is 16.5. The molecule has 0 aromatic heterocycles. The Morgan fingerprint density at radius 3 is 2.38 bits per heavy atom. The van der Waals surface area contributed by atoms with Crippen LogP contribution >= 0.6 is 23.4 Å². The Labute approximate surface area is 165 Å². The van der Waals surface area contributed by atoms with Crippen molar-refractivity contribution in [1.29, 1.82) is 0 Å². The van der Waals surface area contributed by atoms with Gasteiger partial charge in [-0.2, -0.15) is 0 Å². The zero-order chi connectivity index (χ0) is 18.2. The lowest BCUT2D eigenvalue weighted by Crippen LogP contribution is -2.26. The molecular formula is C21H25ClN2OS. The predicted octanol–water partition coefficient (Wildman–Crippen LogP) is 4.49. The van der Waals surface area contributed by atoms with Crippen LogP contribution in [0.3, 0.4) is 0 Å². The Morgan fingerprint density at radius 2 is 1.65 bits per heavy atom. The first kappa shape index (κ1) is 19.3. The van der Waals surface area contributed by atoms with Crippen molar-refractivity contribution >= 4 is 29.3 Å². The lowest BCUT2D eigenvalue weighted by atomic mass is 10.1. The highest BCUT2D eigenvalue weighted by atomic mass is 35.5. The molecule has 138 valence electrons. The summed E-state index contributed by atoms with van der Waals surface area (Å²) < 4.78 is 0. The predicted molar refractivity (Wildman–Crippen MR) is 110 cm³/mol. The number of benzene rings is 2. The molecule has 2 aromatic carbocycles. The normalized spacial score (nSPS) is 14.5. The summed E-state index contributed by atoms with van der Waals surface area (Å²) >= 11 is 7.74. The van der Waals surface area contributed by atoms with E-state index >= 15 is 0 Å². The van der Waals surface area contributed by atoms with Crippen molar-refractivity contribution in [2.45, 2.75) is 31.7 Å². The number of carbonyl (C=O) groups excluding carboxylic acids is 1. The van der Waals surface area contributed by atoms with E-state index in [1.54, 1.807) is 11.8 Å². The van der Waals surface area contributed by atoms with Crippen molar-refractivity contribution in [2.75, 3.05) is 18.8 Å². The van der Waals surface area contributed by atoms with Gasteiger partial charge in [0.2, 0.25) is 5.91 Å². The van der Waals surface area contributed by atoms with E-state index in [2.05, 4.69) is 28.4 Å². The van der Waals surface area contributed by atoms with Crippen LogP contribution < -0.4 is 5.32 Å². The molecule has 0 bridgehead atoms. The minimum absolute atomic E-state index is 0.0676. The molecular weight excluding hydrogens is 364 g/mol. The first-order chi connectivity index (χ1) is 12.7. The lowest BCUT2D eigenvalue weighted by molar-refractivity contribution is -0.118. The van der Waals surface area contributed by atoms with E-state index in [-0.39, 0.29) is 5.91 Å². The van der Waals surface area contributed by atoms with Crippen molar-refractivity contribution in [3.8, 4) is 0 Å². The maximum atomic E-state index is 12.2. The van der Waals surface area contributed by atoms with Crippen LogP contribution in [0.4, 0.5) is 0 Å². The van der Waals surface area contributed by atoms with Gasteiger partial charge in [0.25, 0.3) is 0 Å². The van der Waals surface area contributed by atoms with Gasteiger partial charge < -0.3 is 5.32 Å². The molecule has 1 N–H and O–H groups in total. The number of hydrogen-bond donors (Lipinski definition) is 1. The minimum atomic E-state index is 0.0676. The van der Waals surface area contributed by atoms with Gasteiger partial charge in [-0.25, -0.2) is 0 Å². The van der Waals surface area contributed by atoms with Gasteiger partial charge in [-0.15, -0.1) is 11.8 Å². The van der Waals surface area contributed by atoms with E-state index in [1.165, 1.54) is 37.1 Å². The number of likely N-dealkylation sites (tertiary alicyclic amines) is 1. The molecule has 1 amide bonds. The van der Waals surface area contributed by atoms with E-state index in [1.807, 2.05) is 30.3 Å². The highest BCUT2D eigenvalue weighted by molar-refractivity contribution is 7.99. The fourth-order valence-corrected chi connectivity index (χ4v) is 4.32. The van der Waals surface area contributed by atoms with E-state index in [0.717, 1.165) is 22.9 Å². The van der Waals surface area contributed by atoms with Crippen LogP contribution in [0.15, 0.2) is 48.5 Å². The average molecular weight is 389 g/mol. The summed E-state index contributed by atoms with van der Waals surface area (Å²) in [6.07, 6.45) is 2.59. The number of nitrogens with one attached hydrogen (secondary N) is 1. The van der Waals surface area contributed by atoms with Gasteiger partial charge in [-0.1, -0.05) is 54.1 Å². The fourth-order valence-electron chi connectivity index (χ4n) is 3.18. The Bertz CT molecular complexity index is 731. The van der Waals surface area contributed by atoms with Gasteiger partial charge >= 0.3 is 0 Å². The third-order valence-electron chi connectivity index (χ3n) is 4.64. The first-order valence-electron chi connectivity index (χ1n) is 9.09. The van der Waals surface area contributed by atoms with Gasteiger partial charge in [0.05, 0.1) is 5.75 Å². The van der Waals surface area contributed by atoms with Crippen molar-refractivity contribution in [2.24, 2.45) is 0 Å². The van der Waals surface area contributed by atoms with Gasteiger partial charge in [-0.3, -0.25) is 9.69 Å². The summed E-state index contributed by atoms with van der Waals surface area (Å²) in [5, 5.41) is 3.81. The van der Waals surface area contributed by atoms with Crippen LogP contribution in [0.1, 0.15) is 29.5 Å². The second-order valence-corrected chi connectivity index (χ2v) is 8.01. The summed E-state index contributed by atoms with van der Waals surface area (Å²) in [5.41, 5.74) is 3.60. The molecule has 1 fully saturated rings. The summed E-state index contributed by atoms with van der Waals surface area (Å²) in [7, 11) is 0. The molecule has 0 unspecified atom stereocenters. The molecule has 0 saturated carbocycles. The second kappa shape index (κ2) is 10.0. The Morgan fingerprint density at radius 1 is 1.00 bits per heavy atom. The molecule has 0 atom stereocenters. The topological polar surface area (TPSA) is 32.3 Å². The third-order valence-corrected chi connectivity index (χ3v) is 5.99. The quantitative estimate of drug-likeness (QED) is 0.723. The number of rotatable bonds is 8. The summed E-state index contributed by atoms with van der Waals surface area (Å²) in [4.78, 5) is 14.7. The van der Waals surface area contributed by atoms with Crippen LogP contribution in [-0.2, 0) is 23.6 Å². The molecule has 3 nitrogen and oxygen atoms in total. The van der Waals surface area contributed by atoms with Gasteiger partial charge in [0, 0.05) is 23.9 Å². The van der Waals surface area contributed by atoms with E-state index in [4.69, 9.17) is 11.6 Å². The van der Waals surface area contributed by atoms with Crippen molar-refractivity contribution in [3.63, 3.8) is 0 Å². The van der Waals surface area contributed by atoms with Gasteiger partial charge in [-0.05, 0) is 48.7 Å². The van der Waals surface area contributed by atoms with Crippen LogP contribution in [0.25, 0.3) is 0 Å². The molecule has 26 heavy (non-hydrogen) atoms. The lowest BCUT2D eigenvalue weighted by Gasteiger charge is -2.17. The molecule has 0 spiro atoms. The Kier molecular flexibility index (Phi) is 7.42. The molecule has 3 rings (SSSR count). The zero-order valence-electron chi connectivity index (χ0n) is 14.9. The maximum Gasteiger partial charge on any atom is 0.230 e. The van der Waals surface area contributed by atoms with Crippen molar-refractivity contribution in [3.05, 3.63) is 70.2 Å². The summed E-state index contributed by atoms with van der Waals surface area (Å²) in [5.74, 6) is 1.26. The molecule has 5 heteroatoms. The summed E-state index contributed by atoms with van der Waals surface area (Å²) in [6.45, 7) is 3.93. The highest BCUT2D eigenvalue weighted by Gasteiger charge is 2.13. The van der Waals surface area contributed by atoms with Crippen LogP contribution in [0.5, 0.6) is 0 Å². The van der Waals surface area contributed by atoms with E-state index < -0.39 is 0 Å². The first-order valence-corrected chi connectivity index (χ1v) is 10.6. The maximum absolute atomic E-state index is 12.2. The third kappa shape index (κ3) is 5.76. The number of amides is 1. The molecule has 1 aliphatic rings. The van der Waals surface area contributed by atoms with Gasteiger partial charge in [0.15, 0.2) is 0 Å². The fraction of sp³-hybridized carbons (Fsp3) is 0.381. The molecule has 2 aromatic rings. The SMILES string of the molecule is O=C(CSCc1ccccc1Cl)NCc1ccccc1CN1CCCC1. The monoisotopic (exact) mass is 388 g/mol. The highest BCUT2D eigenvalue weighted by Crippen LogP contribution is 2.20. The smallest absolute Gasteiger partial charge is 0.230 e. The minimum Gasteiger partial charge on any atom is -0.351 e.